The number of carbonyl (C=O) groups excluding carboxylic acids is 2. The topological polar surface area (TPSA) is 88.9 Å². The highest BCUT2D eigenvalue weighted by Crippen LogP contribution is 2.26. The summed E-state index contributed by atoms with van der Waals surface area (Å²) in [5.74, 6) is 0.361. The second-order valence-corrected chi connectivity index (χ2v) is 9.47. The number of anilines is 1. The second kappa shape index (κ2) is 11.9. The molecule has 2 amide bonds. The van der Waals surface area contributed by atoms with Crippen molar-refractivity contribution in [3.63, 3.8) is 0 Å². The molecule has 9 heteroatoms. The highest BCUT2D eigenvalue weighted by molar-refractivity contribution is 7.99. The van der Waals surface area contributed by atoms with Gasteiger partial charge in [0.2, 0.25) is 5.91 Å². The van der Waals surface area contributed by atoms with Crippen molar-refractivity contribution in [3.8, 4) is 0 Å². The lowest BCUT2D eigenvalue weighted by molar-refractivity contribution is -0.113. The van der Waals surface area contributed by atoms with Crippen molar-refractivity contribution in [2.45, 2.75) is 38.5 Å². The third-order valence-corrected chi connectivity index (χ3v) is 6.37. The third kappa shape index (κ3) is 6.48. The smallest absolute Gasteiger partial charge is 0.253 e. The SMILES string of the molecule is C=CCn1c(SCC(=O)Nc2ccc(C)cc2)nnc1[C@H](NC(=O)c1ccccc1Cl)C(C)C. The first kappa shape index (κ1) is 25.5. The zero-order valence-electron chi connectivity index (χ0n) is 19.4. The van der Waals surface area contributed by atoms with Crippen molar-refractivity contribution in [1.82, 2.24) is 20.1 Å². The number of rotatable bonds is 10. The van der Waals surface area contributed by atoms with Crippen molar-refractivity contribution < 1.29 is 9.59 Å². The number of nitrogens with zero attached hydrogens (tertiary/aromatic N) is 3. The monoisotopic (exact) mass is 497 g/mol. The molecule has 0 aliphatic heterocycles. The Morgan fingerprint density at radius 1 is 1.15 bits per heavy atom. The van der Waals surface area contributed by atoms with Gasteiger partial charge in [-0.1, -0.05) is 73.1 Å². The Kier molecular flexibility index (Phi) is 8.90. The summed E-state index contributed by atoms with van der Waals surface area (Å²) in [6.45, 7) is 10.2. The molecule has 3 aromatic rings. The number of halogens is 1. The van der Waals surface area contributed by atoms with Gasteiger partial charge in [-0.2, -0.15) is 0 Å². The van der Waals surface area contributed by atoms with Crippen molar-refractivity contribution >= 4 is 40.9 Å². The summed E-state index contributed by atoms with van der Waals surface area (Å²) in [7, 11) is 0. The van der Waals surface area contributed by atoms with Gasteiger partial charge in [0, 0.05) is 12.2 Å². The molecule has 2 N–H and O–H groups in total. The van der Waals surface area contributed by atoms with E-state index in [9.17, 15) is 9.59 Å². The van der Waals surface area contributed by atoms with E-state index in [1.165, 1.54) is 11.8 Å². The Labute approximate surface area is 209 Å². The Bertz CT molecular complexity index is 1160. The van der Waals surface area contributed by atoms with E-state index in [1.807, 2.05) is 49.6 Å². The summed E-state index contributed by atoms with van der Waals surface area (Å²) in [5, 5.41) is 15.5. The van der Waals surface area contributed by atoms with Gasteiger partial charge in [0.1, 0.15) is 0 Å². The van der Waals surface area contributed by atoms with Crippen LogP contribution >= 0.6 is 23.4 Å². The summed E-state index contributed by atoms with van der Waals surface area (Å²) < 4.78 is 1.87. The van der Waals surface area contributed by atoms with Gasteiger partial charge in [-0.25, -0.2) is 0 Å². The van der Waals surface area contributed by atoms with Crippen LogP contribution < -0.4 is 10.6 Å². The van der Waals surface area contributed by atoms with E-state index in [0.717, 1.165) is 11.3 Å². The lowest BCUT2D eigenvalue weighted by Crippen LogP contribution is -2.34. The van der Waals surface area contributed by atoms with Gasteiger partial charge in [0.15, 0.2) is 11.0 Å². The minimum absolute atomic E-state index is 0.0295. The molecule has 34 heavy (non-hydrogen) atoms. The number of benzene rings is 2. The lowest BCUT2D eigenvalue weighted by Gasteiger charge is -2.23. The Morgan fingerprint density at radius 3 is 2.50 bits per heavy atom. The molecule has 0 fully saturated rings. The van der Waals surface area contributed by atoms with Crippen LogP contribution in [0.3, 0.4) is 0 Å². The van der Waals surface area contributed by atoms with Crippen LogP contribution in [-0.2, 0) is 11.3 Å². The van der Waals surface area contributed by atoms with Crippen LogP contribution in [0.25, 0.3) is 0 Å². The highest BCUT2D eigenvalue weighted by atomic mass is 35.5. The molecule has 7 nitrogen and oxygen atoms in total. The lowest BCUT2D eigenvalue weighted by atomic mass is 10.0. The molecule has 0 bridgehead atoms. The van der Waals surface area contributed by atoms with Crippen molar-refractivity contribution in [2.24, 2.45) is 5.92 Å². The van der Waals surface area contributed by atoms with Crippen LogP contribution in [0.5, 0.6) is 0 Å². The molecule has 0 unspecified atom stereocenters. The molecular formula is C25H28ClN5O2S. The molecule has 0 saturated carbocycles. The van der Waals surface area contributed by atoms with E-state index in [-0.39, 0.29) is 23.5 Å². The number of aromatic nitrogens is 3. The number of amides is 2. The number of hydrogen-bond donors (Lipinski definition) is 2. The van der Waals surface area contributed by atoms with Gasteiger partial charge in [-0.15, -0.1) is 16.8 Å². The Hall–Kier alpha value is -3.10. The number of hydrogen-bond acceptors (Lipinski definition) is 5. The van der Waals surface area contributed by atoms with Crippen LogP contribution in [0, 0.1) is 12.8 Å². The molecule has 0 radical (unpaired) electrons. The van der Waals surface area contributed by atoms with E-state index in [4.69, 9.17) is 11.6 Å². The molecule has 0 saturated heterocycles. The molecule has 1 aromatic heterocycles. The Balaban J connectivity index is 1.75. The molecule has 3 rings (SSSR count). The van der Waals surface area contributed by atoms with E-state index >= 15 is 0 Å². The average Bonchev–Trinajstić information content (AvgIpc) is 3.20. The molecule has 0 aliphatic carbocycles. The molecule has 0 aliphatic rings. The predicted molar refractivity (Wildman–Crippen MR) is 137 cm³/mol. The molecule has 0 spiro atoms. The van der Waals surface area contributed by atoms with Crippen molar-refractivity contribution in [1.29, 1.82) is 0 Å². The summed E-state index contributed by atoms with van der Waals surface area (Å²) in [6, 6.07) is 14.1. The van der Waals surface area contributed by atoms with E-state index < -0.39 is 6.04 Å². The fourth-order valence-corrected chi connectivity index (χ4v) is 4.27. The molecule has 1 heterocycles. The number of aryl methyl sites for hydroxylation is 1. The first-order valence-electron chi connectivity index (χ1n) is 10.9. The zero-order valence-corrected chi connectivity index (χ0v) is 21.0. The standard InChI is InChI=1S/C25H28ClN5O2S/c1-5-14-31-23(22(16(2)3)28-24(33)19-8-6-7-9-20(19)26)29-30-25(31)34-15-21(32)27-18-12-10-17(4)11-13-18/h5-13,16,22H,1,14-15H2,2-4H3,(H,27,32)(H,28,33)/t22-/m1/s1. The number of allylic oxidation sites excluding steroid dienone is 1. The maximum absolute atomic E-state index is 12.9. The normalized spacial score (nSPS) is 11.8. The average molecular weight is 498 g/mol. The number of thioether (sulfide) groups is 1. The summed E-state index contributed by atoms with van der Waals surface area (Å²) in [4.78, 5) is 25.4. The molecule has 1 atom stereocenters. The van der Waals surface area contributed by atoms with Crippen LogP contribution in [0.4, 0.5) is 5.69 Å². The second-order valence-electron chi connectivity index (χ2n) is 8.12. The van der Waals surface area contributed by atoms with Crippen LogP contribution in [-0.4, -0.2) is 32.3 Å². The van der Waals surface area contributed by atoms with Gasteiger partial charge in [0.05, 0.1) is 22.4 Å². The van der Waals surface area contributed by atoms with Crippen LogP contribution in [0.15, 0.2) is 66.3 Å². The third-order valence-electron chi connectivity index (χ3n) is 5.07. The quantitative estimate of drug-likeness (QED) is 0.293. The fourth-order valence-electron chi connectivity index (χ4n) is 3.30. The van der Waals surface area contributed by atoms with Gasteiger partial charge < -0.3 is 15.2 Å². The van der Waals surface area contributed by atoms with Gasteiger partial charge >= 0.3 is 0 Å². The molecule has 2 aromatic carbocycles. The van der Waals surface area contributed by atoms with Crippen molar-refractivity contribution in [3.05, 3.63) is 83.2 Å². The predicted octanol–water partition coefficient (Wildman–Crippen LogP) is 5.28. The van der Waals surface area contributed by atoms with Crippen LogP contribution in [0.1, 0.15) is 41.6 Å². The largest absolute Gasteiger partial charge is 0.342 e. The fraction of sp³-hybridized carbons (Fsp3) is 0.280. The summed E-state index contributed by atoms with van der Waals surface area (Å²) in [5.41, 5.74) is 2.26. The summed E-state index contributed by atoms with van der Waals surface area (Å²) in [6.07, 6.45) is 1.73. The van der Waals surface area contributed by atoms with E-state index in [2.05, 4.69) is 27.4 Å². The van der Waals surface area contributed by atoms with Gasteiger partial charge in [-0.3, -0.25) is 9.59 Å². The van der Waals surface area contributed by atoms with Gasteiger partial charge in [0.25, 0.3) is 5.91 Å². The molecule has 178 valence electrons. The summed E-state index contributed by atoms with van der Waals surface area (Å²) >= 11 is 7.48. The zero-order chi connectivity index (χ0) is 24.7. The van der Waals surface area contributed by atoms with Crippen LogP contribution in [0.2, 0.25) is 5.02 Å². The first-order chi connectivity index (χ1) is 16.3. The van der Waals surface area contributed by atoms with Crippen molar-refractivity contribution in [2.75, 3.05) is 11.1 Å². The molecular weight excluding hydrogens is 470 g/mol. The number of carbonyl (C=O) groups is 2. The Morgan fingerprint density at radius 2 is 1.85 bits per heavy atom. The minimum Gasteiger partial charge on any atom is -0.342 e. The van der Waals surface area contributed by atoms with E-state index in [1.54, 1.807) is 30.3 Å². The highest BCUT2D eigenvalue weighted by Gasteiger charge is 2.27. The first-order valence-corrected chi connectivity index (χ1v) is 12.2. The van der Waals surface area contributed by atoms with E-state index in [0.29, 0.717) is 28.1 Å². The number of nitrogens with one attached hydrogen (secondary N) is 2. The maximum Gasteiger partial charge on any atom is 0.253 e. The minimum atomic E-state index is -0.410. The van der Waals surface area contributed by atoms with Gasteiger partial charge in [-0.05, 0) is 37.1 Å². The maximum atomic E-state index is 12.9.